The van der Waals surface area contributed by atoms with Crippen molar-refractivity contribution < 1.29 is 0 Å². The fourth-order valence-electron chi connectivity index (χ4n) is 8.53. The number of rotatable bonds is 5. The van der Waals surface area contributed by atoms with Crippen molar-refractivity contribution in [1.29, 1.82) is 0 Å². The molecule has 4 heterocycles. The van der Waals surface area contributed by atoms with Gasteiger partial charge in [0.2, 0.25) is 0 Å². The van der Waals surface area contributed by atoms with E-state index in [-0.39, 0.29) is 0 Å². The number of aromatic nitrogens is 4. The first-order valence-electron chi connectivity index (χ1n) is 19.0. The first-order valence-corrected chi connectivity index (χ1v) is 20.7. The van der Waals surface area contributed by atoms with E-state index in [2.05, 4.69) is 150 Å². The Hall–Kier alpha value is -6.99. The number of benzene rings is 8. The monoisotopic (exact) mass is 762 g/mol. The van der Waals surface area contributed by atoms with Gasteiger partial charge in [0.1, 0.15) is 0 Å². The second-order valence-corrected chi connectivity index (χ2v) is 16.5. The Kier molecular flexibility index (Phi) is 7.24. The molecule has 8 aromatic carbocycles. The average molecular weight is 763 g/mol. The summed E-state index contributed by atoms with van der Waals surface area (Å²) in [6.07, 6.45) is 0. The van der Waals surface area contributed by atoms with Gasteiger partial charge >= 0.3 is 0 Å². The molecule has 0 aliphatic carbocycles. The molecule has 0 aliphatic heterocycles. The molecule has 57 heavy (non-hydrogen) atoms. The summed E-state index contributed by atoms with van der Waals surface area (Å²) in [4.78, 5) is 15.3. The van der Waals surface area contributed by atoms with E-state index >= 15 is 0 Å². The molecule has 4 aromatic heterocycles. The van der Waals surface area contributed by atoms with Crippen LogP contribution in [0.15, 0.2) is 182 Å². The van der Waals surface area contributed by atoms with Crippen LogP contribution in [0.5, 0.6) is 0 Å². The van der Waals surface area contributed by atoms with Crippen molar-refractivity contribution in [1.82, 2.24) is 19.5 Å². The molecule has 0 atom stereocenters. The fourth-order valence-corrected chi connectivity index (χ4v) is 10.9. The van der Waals surface area contributed by atoms with Crippen molar-refractivity contribution in [3.63, 3.8) is 0 Å². The minimum Gasteiger partial charge on any atom is -0.308 e. The topological polar surface area (TPSA) is 43.6 Å². The first-order chi connectivity index (χ1) is 28.3. The molecule has 0 bridgehead atoms. The summed E-state index contributed by atoms with van der Waals surface area (Å²) in [7, 11) is 0. The second kappa shape index (κ2) is 12.8. The van der Waals surface area contributed by atoms with Crippen LogP contribution in [0, 0.1) is 0 Å². The maximum Gasteiger partial charge on any atom is 0.164 e. The fraction of sp³-hybridized carbons (Fsp3) is 0. The molecule has 266 valence electrons. The molecule has 0 amide bonds. The van der Waals surface area contributed by atoms with Gasteiger partial charge in [-0.15, -0.1) is 22.7 Å². The lowest BCUT2D eigenvalue weighted by Crippen LogP contribution is -2.00. The molecule has 0 spiro atoms. The zero-order valence-corrected chi connectivity index (χ0v) is 32.1. The third-order valence-electron chi connectivity index (χ3n) is 11.1. The van der Waals surface area contributed by atoms with E-state index in [1.54, 1.807) is 0 Å². The van der Waals surface area contributed by atoms with Crippen LogP contribution in [0.1, 0.15) is 0 Å². The summed E-state index contributed by atoms with van der Waals surface area (Å²) in [5, 5.41) is 7.47. The number of nitrogens with zero attached hydrogens (tertiary/aromatic N) is 4. The van der Waals surface area contributed by atoms with E-state index in [0.29, 0.717) is 17.5 Å². The molecule has 0 N–H and O–H groups in total. The SMILES string of the molecule is c1ccc(-c2nc(-c3ccccc3)nc(-c3cccc4sc5cccc(-c6ccc7sc8c(-n9c%10ccccc%10c%10ccccc%109)cccc8c7c6)c5c34)n2)cc1. The van der Waals surface area contributed by atoms with Crippen LogP contribution in [0.2, 0.25) is 0 Å². The lowest BCUT2D eigenvalue weighted by molar-refractivity contribution is 1.08. The van der Waals surface area contributed by atoms with E-state index in [4.69, 9.17) is 15.0 Å². The second-order valence-electron chi connectivity index (χ2n) is 14.3. The number of hydrogen-bond acceptors (Lipinski definition) is 5. The van der Waals surface area contributed by atoms with Crippen molar-refractivity contribution in [2.45, 2.75) is 0 Å². The van der Waals surface area contributed by atoms with E-state index in [1.807, 2.05) is 59.1 Å². The highest BCUT2D eigenvalue weighted by atomic mass is 32.1. The molecule has 12 aromatic rings. The Morgan fingerprint density at radius 2 is 0.895 bits per heavy atom. The Balaban J connectivity index is 1.07. The van der Waals surface area contributed by atoms with E-state index in [9.17, 15) is 0 Å². The predicted molar refractivity (Wildman–Crippen MR) is 242 cm³/mol. The van der Waals surface area contributed by atoms with Crippen LogP contribution in [0.4, 0.5) is 0 Å². The standard InChI is InChI=1S/C51H30N4S2/c1-3-14-31(15-4-1)49-52-50(32-16-5-2-6-17-32)54-51(53-49)38-22-13-27-45-47(38)46-34(20-12-26-44(46)56-45)33-28-29-43-39(30-33)37-21-11-25-42(48(37)57-43)55-40-23-9-7-18-35(40)36-19-8-10-24-41(36)55/h1-30H. The van der Waals surface area contributed by atoms with Crippen LogP contribution in [0.25, 0.3) is 113 Å². The van der Waals surface area contributed by atoms with Crippen LogP contribution in [-0.4, -0.2) is 19.5 Å². The number of thiophene rings is 2. The van der Waals surface area contributed by atoms with Crippen molar-refractivity contribution in [3.05, 3.63) is 182 Å². The van der Waals surface area contributed by atoms with E-state index in [1.165, 1.54) is 79.0 Å². The normalized spacial score (nSPS) is 11.9. The van der Waals surface area contributed by atoms with Crippen molar-refractivity contribution >= 4 is 84.8 Å². The van der Waals surface area contributed by atoms with Gasteiger partial charge in [-0.1, -0.05) is 140 Å². The van der Waals surface area contributed by atoms with Gasteiger partial charge in [-0.3, -0.25) is 0 Å². The average Bonchev–Trinajstić information content (AvgIpc) is 3.96. The lowest BCUT2D eigenvalue weighted by Gasteiger charge is -2.11. The van der Waals surface area contributed by atoms with Crippen molar-refractivity contribution in [3.8, 4) is 51.0 Å². The van der Waals surface area contributed by atoms with Gasteiger partial charge in [0.05, 0.1) is 21.4 Å². The summed E-state index contributed by atoms with van der Waals surface area (Å²) in [6, 6.07) is 64.8. The van der Waals surface area contributed by atoms with Crippen LogP contribution in [-0.2, 0) is 0 Å². The van der Waals surface area contributed by atoms with Gasteiger partial charge in [-0.2, -0.15) is 0 Å². The third kappa shape index (κ3) is 5.08. The molecule has 0 saturated carbocycles. The van der Waals surface area contributed by atoms with Crippen molar-refractivity contribution in [2.24, 2.45) is 0 Å². The highest BCUT2D eigenvalue weighted by molar-refractivity contribution is 7.26. The van der Waals surface area contributed by atoms with E-state index in [0.717, 1.165) is 16.7 Å². The van der Waals surface area contributed by atoms with Crippen molar-refractivity contribution in [2.75, 3.05) is 0 Å². The Morgan fingerprint density at radius 3 is 1.56 bits per heavy atom. The lowest BCUT2D eigenvalue weighted by atomic mass is 9.96. The highest BCUT2D eigenvalue weighted by Crippen LogP contribution is 2.46. The van der Waals surface area contributed by atoms with Crippen LogP contribution < -0.4 is 0 Å². The molecular weight excluding hydrogens is 733 g/mol. The summed E-state index contributed by atoms with van der Waals surface area (Å²) >= 11 is 3.69. The minimum absolute atomic E-state index is 0.659. The number of para-hydroxylation sites is 2. The minimum atomic E-state index is 0.659. The molecule has 0 radical (unpaired) electrons. The summed E-state index contributed by atoms with van der Waals surface area (Å²) in [5.41, 5.74) is 8.97. The van der Waals surface area contributed by atoms with E-state index < -0.39 is 0 Å². The molecule has 0 aliphatic rings. The zero-order valence-electron chi connectivity index (χ0n) is 30.4. The molecule has 0 unspecified atom stereocenters. The zero-order chi connectivity index (χ0) is 37.5. The van der Waals surface area contributed by atoms with Gasteiger partial charge in [-0.25, -0.2) is 15.0 Å². The quantitative estimate of drug-likeness (QED) is 0.175. The van der Waals surface area contributed by atoms with Gasteiger partial charge in [0.15, 0.2) is 17.5 Å². The molecule has 12 rings (SSSR count). The van der Waals surface area contributed by atoms with Crippen LogP contribution in [0.3, 0.4) is 0 Å². The number of hydrogen-bond donors (Lipinski definition) is 0. The Labute approximate surface area is 335 Å². The third-order valence-corrected chi connectivity index (χ3v) is 13.4. The first kappa shape index (κ1) is 32.3. The summed E-state index contributed by atoms with van der Waals surface area (Å²) in [6.45, 7) is 0. The summed E-state index contributed by atoms with van der Waals surface area (Å²) < 4.78 is 7.44. The van der Waals surface area contributed by atoms with Gasteiger partial charge in [0.25, 0.3) is 0 Å². The predicted octanol–water partition coefficient (Wildman–Crippen LogP) is 14.4. The molecular formula is C51H30N4S2. The maximum absolute atomic E-state index is 5.16. The number of fused-ring (bicyclic) bond motifs is 9. The molecule has 0 saturated heterocycles. The molecule has 0 fully saturated rings. The van der Waals surface area contributed by atoms with Gasteiger partial charge < -0.3 is 4.57 Å². The molecule has 4 nitrogen and oxygen atoms in total. The smallest absolute Gasteiger partial charge is 0.164 e. The van der Waals surface area contributed by atoms with Gasteiger partial charge in [0, 0.05) is 63.1 Å². The van der Waals surface area contributed by atoms with Crippen LogP contribution >= 0.6 is 22.7 Å². The van der Waals surface area contributed by atoms with Gasteiger partial charge in [-0.05, 0) is 53.6 Å². The Morgan fingerprint density at radius 1 is 0.351 bits per heavy atom. The largest absolute Gasteiger partial charge is 0.308 e. The molecule has 6 heteroatoms. The maximum atomic E-state index is 5.16. The summed E-state index contributed by atoms with van der Waals surface area (Å²) in [5.74, 6) is 1.98. The Bertz CT molecular complexity index is 3410. The highest BCUT2D eigenvalue weighted by Gasteiger charge is 2.21.